The minimum absolute atomic E-state index is 0.149. The zero-order valence-corrected chi connectivity index (χ0v) is 11.6. The fourth-order valence-electron chi connectivity index (χ4n) is 1.72. The van der Waals surface area contributed by atoms with E-state index in [1.807, 2.05) is 20.8 Å². The van der Waals surface area contributed by atoms with E-state index in [0.717, 1.165) is 17.1 Å². The third-order valence-corrected chi connectivity index (χ3v) is 3.60. The Bertz CT molecular complexity index is 399. The molecule has 0 fully saturated rings. The lowest BCUT2D eigenvalue weighted by molar-refractivity contribution is 0.0470. The molecule has 0 aliphatic heterocycles. The van der Waals surface area contributed by atoms with Gasteiger partial charge in [-0.05, 0) is 27.2 Å². The van der Waals surface area contributed by atoms with Crippen molar-refractivity contribution in [1.82, 2.24) is 10.3 Å². The number of amides is 1. The van der Waals surface area contributed by atoms with Crippen molar-refractivity contribution in [1.29, 1.82) is 0 Å². The molecule has 17 heavy (non-hydrogen) atoms. The molecule has 0 saturated heterocycles. The van der Waals surface area contributed by atoms with Crippen molar-refractivity contribution in [3.63, 3.8) is 0 Å². The maximum absolute atomic E-state index is 11.9. The summed E-state index contributed by atoms with van der Waals surface area (Å²) in [6.07, 6.45) is 1.57. The van der Waals surface area contributed by atoms with E-state index < -0.39 is 5.60 Å². The number of aryl methyl sites for hydroxylation is 2. The molecule has 0 aliphatic carbocycles. The highest BCUT2D eigenvalue weighted by atomic mass is 32.1. The molecule has 2 N–H and O–H groups in total. The molecule has 0 radical (unpaired) electrons. The van der Waals surface area contributed by atoms with Gasteiger partial charge in [-0.25, -0.2) is 4.98 Å². The molecule has 0 spiro atoms. The van der Waals surface area contributed by atoms with Gasteiger partial charge in [0.1, 0.15) is 4.88 Å². The summed E-state index contributed by atoms with van der Waals surface area (Å²) in [4.78, 5) is 16.7. The number of carbonyl (C=O) groups excluding carboxylic acids is 1. The standard InChI is InChI=1S/C12H20N2O2S/c1-5-6-12(4,16)7-13-11(15)10-8(2)14-9(3)17-10/h16H,5-7H2,1-4H3,(H,13,15). The highest BCUT2D eigenvalue weighted by molar-refractivity contribution is 7.13. The first-order valence-corrected chi connectivity index (χ1v) is 6.62. The van der Waals surface area contributed by atoms with Crippen molar-refractivity contribution in [3.8, 4) is 0 Å². The summed E-state index contributed by atoms with van der Waals surface area (Å²) in [6.45, 7) is 7.72. The van der Waals surface area contributed by atoms with Crippen molar-refractivity contribution >= 4 is 17.2 Å². The minimum Gasteiger partial charge on any atom is -0.388 e. The Morgan fingerprint density at radius 3 is 2.65 bits per heavy atom. The summed E-state index contributed by atoms with van der Waals surface area (Å²) < 4.78 is 0. The first kappa shape index (κ1) is 14.1. The molecule has 0 bridgehead atoms. The van der Waals surface area contributed by atoms with Crippen molar-refractivity contribution in [2.45, 2.75) is 46.1 Å². The van der Waals surface area contributed by atoms with E-state index in [9.17, 15) is 9.90 Å². The Morgan fingerprint density at radius 2 is 2.18 bits per heavy atom. The summed E-state index contributed by atoms with van der Waals surface area (Å²) in [6, 6.07) is 0. The van der Waals surface area contributed by atoms with Gasteiger partial charge in [0.15, 0.2) is 0 Å². The van der Waals surface area contributed by atoms with Gasteiger partial charge in [0.2, 0.25) is 0 Å². The molecule has 0 aromatic carbocycles. The molecule has 1 heterocycles. The van der Waals surface area contributed by atoms with Crippen LogP contribution < -0.4 is 5.32 Å². The number of hydrogen-bond acceptors (Lipinski definition) is 4. The van der Waals surface area contributed by atoms with Crippen LogP contribution in [0.25, 0.3) is 0 Å². The topological polar surface area (TPSA) is 62.2 Å². The maximum atomic E-state index is 11.9. The zero-order chi connectivity index (χ0) is 13.1. The predicted octanol–water partition coefficient (Wildman–Crippen LogP) is 2.04. The Balaban J connectivity index is 2.59. The number of aromatic nitrogens is 1. The molecule has 1 rings (SSSR count). The van der Waals surface area contributed by atoms with Crippen molar-refractivity contribution in [3.05, 3.63) is 15.6 Å². The Labute approximate surface area is 106 Å². The lowest BCUT2D eigenvalue weighted by atomic mass is 10.0. The van der Waals surface area contributed by atoms with E-state index in [-0.39, 0.29) is 12.5 Å². The Hall–Kier alpha value is -0.940. The lowest BCUT2D eigenvalue weighted by Crippen LogP contribution is -2.40. The van der Waals surface area contributed by atoms with Crippen LogP contribution in [0.4, 0.5) is 0 Å². The second-order valence-corrected chi connectivity index (χ2v) is 5.78. The van der Waals surface area contributed by atoms with Gasteiger partial charge in [-0.3, -0.25) is 4.79 Å². The monoisotopic (exact) mass is 256 g/mol. The van der Waals surface area contributed by atoms with E-state index in [0.29, 0.717) is 11.3 Å². The van der Waals surface area contributed by atoms with Crippen molar-refractivity contribution in [2.24, 2.45) is 0 Å². The fraction of sp³-hybridized carbons (Fsp3) is 0.667. The molecular weight excluding hydrogens is 236 g/mol. The van der Waals surface area contributed by atoms with Crippen LogP contribution in [0, 0.1) is 13.8 Å². The average molecular weight is 256 g/mol. The van der Waals surface area contributed by atoms with Gasteiger partial charge in [-0.1, -0.05) is 13.3 Å². The number of rotatable bonds is 5. The van der Waals surface area contributed by atoms with Gasteiger partial charge in [0, 0.05) is 6.54 Å². The van der Waals surface area contributed by atoms with E-state index in [1.54, 1.807) is 6.92 Å². The first-order valence-electron chi connectivity index (χ1n) is 5.80. The number of aliphatic hydroxyl groups is 1. The second-order valence-electron chi connectivity index (χ2n) is 4.58. The smallest absolute Gasteiger partial charge is 0.263 e. The van der Waals surface area contributed by atoms with Crippen molar-refractivity contribution < 1.29 is 9.90 Å². The summed E-state index contributed by atoms with van der Waals surface area (Å²) in [5.41, 5.74) is -0.0851. The lowest BCUT2D eigenvalue weighted by Gasteiger charge is -2.22. The summed E-state index contributed by atoms with van der Waals surface area (Å²) in [5.74, 6) is -0.149. The number of thiazole rings is 1. The van der Waals surface area contributed by atoms with E-state index >= 15 is 0 Å². The third kappa shape index (κ3) is 4.09. The first-order chi connectivity index (χ1) is 7.85. The third-order valence-electron chi connectivity index (χ3n) is 2.53. The van der Waals surface area contributed by atoms with Gasteiger partial charge < -0.3 is 10.4 Å². The largest absolute Gasteiger partial charge is 0.388 e. The van der Waals surface area contributed by atoms with Gasteiger partial charge in [0.25, 0.3) is 5.91 Å². The maximum Gasteiger partial charge on any atom is 0.263 e. The molecule has 1 aromatic heterocycles. The molecule has 1 unspecified atom stereocenters. The predicted molar refractivity (Wildman–Crippen MR) is 69.5 cm³/mol. The van der Waals surface area contributed by atoms with Crippen LogP contribution in [0.5, 0.6) is 0 Å². The van der Waals surface area contributed by atoms with Crippen LogP contribution in [0.2, 0.25) is 0 Å². The molecule has 96 valence electrons. The molecule has 0 saturated carbocycles. The van der Waals surface area contributed by atoms with E-state index in [2.05, 4.69) is 10.3 Å². The molecular formula is C12H20N2O2S. The number of nitrogens with one attached hydrogen (secondary N) is 1. The Morgan fingerprint density at radius 1 is 1.53 bits per heavy atom. The number of hydrogen-bond donors (Lipinski definition) is 2. The normalized spacial score (nSPS) is 14.4. The molecule has 1 amide bonds. The minimum atomic E-state index is -0.835. The Kier molecular flexibility index (Phi) is 4.65. The SMILES string of the molecule is CCCC(C)(O)CNC(=O)c1sc(C)nc1C. The molecule has 1 atom stereocenters. The summed E-state index contributed by atoms with van der Waals surface area (Å²) >= 11 is 1.38. The van der Waals surface area contributed by atoms with Gasteiger partial charge in [0.05, 0.1) is 16.3 Å². The van der Waals surface area contributed by atoms with E-state index in [1.165, 1.54) is 11.3 Å². The molecule has 0 aliphatic rings. The molecule has 5 heteroatoms. The van der Waals surface area contributed by atoms with Gasteiger partial charge >= 0.3 is 0 Å². The van der Waals surface area contributed by atoms with E-state index in [4.69, 9.17) is 0 Å². The highest BCUT2D eigenvalue weighted by Crippen LogP contribution is 2.17. The molecule has 1 aromatic rings. The van der Waals surface area contributed by atoms with Gasteiger partial charge in [-0.15, -0.1) is 11.3 Å². The number of carbonyl (C=O) groups is 1. The van der Waals surface area contributed by atoms with Crippen LogP contribution in [0.3, 0.4) is 0 Å². The quantitative estimate of drug-likeness (QED) is 0.847. The fourth-order valence-corrected chi connectivity index (χ4v) is 2.56. The highest BCUT2D eigenvalue weighted by Gasteiger charge is 2.21. The van der Waals surface area contributed by atoms with Crippen LogP contribution in [-0.2, 0) is 0 Å². The number of nitrogens with zero attached hydrogens (tertiary/aromatic N) is 1. The molecule has 4 nitrogen and oxygen atoms in total. The summed E-state index contributed by atoms with van der Waals surface area (Å²) in [7, 11) is 0. The van der Waals surface area contributed by atoms with Crippen LogP contribution in [0.15, 0.2) is 0 Å². The average Bonchev–Trinajstić information content (AvgIpc) is 2.54. The van der Waals surface area contributed by atoms with Crippen LogP contribution in [-0.4, -0.2) is 28.1 Å². The summed E-state index contributed by atoms with van der Waals surface area (Å²) in [5, 5.41) is 13.6. The van der Waals surface area contributed by atoms with Crippen LogP contribution in [0.1, 0.15) is 47.1 Å². The van der Waals surface area contributed by atoms with Crippen LogP contribution >= 0.6 is 11.3 Å². The zero-order valence-electron chi connectivity index (χ0n) is 10.8. The van der Waals surface area contributed by atoms with Crippen molar-refractivity contribution in [2.75, 3.05) is 6.54 Å². The van der Waals surface area contributed by atoms with Gasteiger partial charge in [-0.2, -0.15) is 0 Å². The second kappa shape index (κ2) is 5.60.